The lowest BCUT2D eigenvalue weighted by Crippen LogP contribution is -2.38. The topological polar surface area (TPSA) is 57.6 Å². The molecule has 4 nitrogen and oxygen atoms in total. The number of rotatable bonds is 5. The summed E-state index contributed by atoms with van der Waals surface area (Å²) in [6.07, 6.45) is 5.14. The Kier molecular flexibility index (Phi) is 3.85. The van der Waals surface area contributed by atoms with Crippen LogP contribution in [-0.4, -0.2) is 40.9 Å². The van der Waals surface area contributed by atoms with Gasteiger partial charge in [-0.15, -0.1) is 0 Å². The monoisotopic (exact) mass is 251 g/mol. The number of hydrogen-bond acceptors (Lipinski definition) is 3. The van der Waals surface area contributed by atoms with Crippen molar-refractivity contribution in [3.05, 3.63) is 11.6 Å². The number of aliphatic carboxylic acids is 1. The fourth-order valence-corrected chi connectivity index (χ4v) is 2.93. The second-order valence-corrected chi connectivity index (χ2v) is 5.40. The van der Waals surface area contributed by atoms with E-state index in [2.05, 4.69) is 13.0 Å². The molecule has 0 aromatic heterocycles. The van der Waals surface area contributed by atoms with E-state index >= 15 is 0 Å². The Hall–Kier alpha value is -1.16. The van der Waals surface area contributed by atoms with Crippen molar-refractivity contribution in [3.63, 3.8) is 0 Å². The van der Waals surface area contributed by atoms with Gasteiger partial charge in [0.25, 0.3) is 0 Å². The van der Waals surface area contributed by atoms with Crippen LogP contribution in [0.25, 0.3) is 0 Å². The third kappa shape index (κ3) is 2.34. The Morgan fingerprint density at radius 2 is 2.28 bits per heavy atom. The zero-order valence-corrected chi connectivity index (χ0v) is 11.1. The maximum absolute atomic E-state index is 12.2. The molecule has 1 unspecified atom stereocenters. The molecule has 2 rings (SSSR count). The SMILES string of the molecule is CCCCC1=C[C@@H]2CN(C(C)C(=O)O)C[C@@H]2C1=O. The number of ketones is 1. The third-order valence-corrected chi connectivity index (χ3v) is 4.17. The van der Waals surface area contributed by atoms with E-state index in [4.69, 9.17) is 5.11 Å². The smallest absolute Gasteiger partial charge is 0.320 e. The van der Waals surface area contributed by atoms with Gasteiger partial charge in [0, 0.05) is 24.9 Å². The molecule has 1 heterocycles. The highest BCUT2D eigenvalue weighted by molar-refractivity contribution is 6.00. The molecule has 0 saturated carbocycles. The van der Waals surface area contributed by atoms with Gasteiger partial charge in [0.05, 0.1) is 0 Å². The molecule has 18 heavy (non-hydrogen) atoms. The average Bonchev–Trinajstić information content (AvgIpc) is 2.86. The summed E-state index contributed by atoms with van der Waals surface area (Å²) in [6, 6.07) is -0.490. The van der Waals surface area contributed by atoms with Gasteiger partial charge in [0.1, 0.15) is 6.04 Å². The first kappa shape index (κ1) is 13.3. The molecule has 0 amide bonds. The van der Waals surface area contributed by atoms with Crippen LogP contribution in [0.5, 0.6) is 0 Å². The highest BCUT2D eigenvalue weighted by Gasteiger charge is 2.44. The minimum Gasteiger partial charge on any atom is -0.480 e. The summed E-state index contributed by atoms with van der Waals surface area (Å²) in [5.41, 5.74) is 0.981. The van der Waals surface area contributed by atoms with Crippen LogP contribution in [0, 0.1) is 11.8 Å². The normalized spacial score (nSPS) is 29.2. The number of allylic oxidation sites excluding steroid dienone is 1. The number of carboxylic acid groups (broad SMARTS) is 1. The number of carbonyl (C=O) groups is 2. The van der Waals surface area contributed by atoms with Crippen LogP contribution in [-0.2, 0) is 9.59 Å². The number of nitrogens with zero attached hydrogens (tertiary/aromatic N) is 1. The van der Waals surface area contributed by atoms with E-state index in [1.165, 1.54) is 0 Å². The van der Waals surface area contributed by atoms with E-state index in [0.29, 0.717) is 13.1 Å². The zero-order chi connectivity index (χ0) is 13.3. The average molecular weight is 251 g/mol. The van der Waals surface area contributed by atoms with Crippen LogP contribution in [0.15, 0.2) is 11.6 Å². The fourth-order valence-electron chi connectivity index (χ4n) is 2.93. The number of carbonyl (C=O) groups excluding carboxylic acids is 1. The summed E-state index contributed by atoms with van der Waals surface area (Å²) < 4.78 is 0. The van der Waals surface area contributed by atoms with Gasteiger partial charge in [-0.05, 0) is 25.3 Å². The Balaban J connectivity index is 2.00. The first-order chi connectivity index (χ1) is 8.54. The summed E-state index contributed by atoms with van der Waals surface area (Å²) >= 11 is 0. The van der Waals surface area contributed by atoms with E-state index in [1.54, 1.807) is 6.92 Å². The van der Waals surface area contributed by atoms with Crippen molar-refractivity contribution in [2.45, 2.75) is 39.2 Å². The lowest BCUT2D eigenvalue weighted by molar-refractivity contribution is -0.142. The van der Waals surface area contributed by atoms with Gasteiger partial charge in [-0.1, -0.05) is 19.4 Å². The first-order valence-corrected chi connectivity index (χ1v) is 6.76. The van der Waals surface area contributed by atoms with Gasteiger partial charge in [0.15, 0.2) is 5.78 Å². The quantitative estimate of drug-likeness (QED) is 0.808. The molecule has 0 aromatic rings. The number of hydrogen-bond donors (Lipinski definition) is 1. The number of carboxylic acids is 1. The molecule has 1 fully saturated rings. The van der Waals surface area contributed by atoms with E-state index in [9.17, 15) is 9.59 Å². The molecule has 1 saturated heterocycles. The minimum absolute atomic E-state index is 0.0126. The summed E-state index contributed by atoms with van der Waals surface area (Å²) in [5, 5.41) is 9.00. The second kappa shape index (κ2) is 5.22. The number of Topliss-reactive ketones (excluding diaryl/α,β-unsaturated/α-hetero) is 1. The van der Waals surface area contributed by atoms with E-state index in [0.717, 1.165) is 24.8 Å². The molecule has 0 spiro atoms. The number of fused-ring (bicyclic) bond motifs is 1. The van der Waals surface area contributed by atoms with E-state index < -0.39 is 12.0 Å². The molecule has 1 N–H and O–H groups in total. The molecule has 3 atom stereocenters. The van der Waals surface area contributed by atoms with Gasteiger partial charge in [-0.2, -0.15) is 0 Å². The molecular formula is C14H21NO3. The fraction of sp³-hybridized carbons (Fsp3) is 0.714. The van der Waals surface area contributed by atoms with Gasteiger partial charge >= 0.3 is 5.97 Å². The van der Waals surface area contributed by atoms with Crippen LogP contribution in [0.3, 0.4) is 0 Å². The van der Waals surface area contributed by atoms with Crippen molar-refractivity contribution in [2.75, 3.05) is 13.1 Å². The molecule has 4 heteroatoms. The van der Waals surface area contributed by atoms with Crippen molar-refractivity contribution in [3.8, 4) is 0 Å². The van der Waals surface area contributed by atoms with Crippen LogP contribution in [0.4, 0.5) is 0 Å². The Labute approximate surface area is 108 Å². The van der Waals surface area contributed by atoms with Crippen LogP contribution in [0.1, 0.15) is 33.1 Å². The highest BCUT2D eigenvalue weighted by atomic mass is 16.4. The predicted octanol–water partition coefficient (Wildman–Crippen LogP) is 1.71. The highest BCUT2D eigenvalue weighted by Crippen LogP contribution is 2.36. The maximum atomic E-state index is 12.2. The minimum atomic E-state index is -0.808. The molecule has 0 radical (unpaired) electrons. The van der Waals surface area contributed by atoms with Crippen LogP contribution >= 0.6 is 0 Å². The molecule has 0 bridgehead atoms. The lowest BCUT2D eigenvalue weighted by Gasteiger charge is -2.20. The van der Waals surface area contributed by atoms with Crippen molar-refractivity contribution in [1.82, 2.24) is 4.90 Å². The summed E-state index contributed by atoms with van der Waals surface area (Å²) in [5.74, 6) is -0.295. The molecule has 2 aliphatic rings. The molecule has 1 aliphatic carbocycles. The van der Waals surface area contributed by atoms with Crippen molar-refractivity contribution in [2.24, 2.45) is 11.8 Å². The maximum Gasteiger partial charge on any atom is 0.320 e. The molecular weight excluding hydrogens is 230 g/mol. The number of likely N-dealkylation sites (tertiary alicyclic amines) is 1. The van der Waals surface area contributed by atoms with Crippen molar-refractivity contribution >= 4 is 11.8 Å². The third-order valence-electron chi connectivity index (χ3n) is 4.17. The van der Waals surface area contributed by atoms with Gasteiger partial charge in [-0.3, -0.25) is 14.5 Å². The zero-order valence-electron chi connectivity index (χ0n) is 11.1. The summed E-state index contributed by atoms with van der Waals surface area (Å²) in [6.45, 7) is 5.12. The largest absolute Gasteiger partial charge is 0.480 e. The predicted molar refractivity (Wildman–Crippen MR) is 68.3 cm³/mol. The molecule has 0 aromatic carbocycles. The number of unbranched alkanes of at least 4 members (excludes halogenated alkanes) is 1. The summed E-state index contributed by atoms with van der Waals surface area (Å²) in [7, 11) is 0. The first-order valence-electron chi connectivity index (χ1n) is 6.76. The molecule has 1 aliphatic heterocycles. The van der Waals surface area contributed by atoms with Gasteiger partial charge in [0.2, 0.25) is 0 Å². The van der Waals surface area contributed by atoms with Gasteiger partial charge in [-0.25, -0.2) is 0 Å². The van der Waals surface area contributed by atoms with Crippen molar-refractivity contribution in [1.29, 1.82) is 0 Å². The van der Waals surface area contributed by atoms with E-state index in [-0.39, 0.29) is 17.6 Å². The van der Waals surface area contributed by atoms with E-state index in [1.807, 2.05) is 4.90 Å². The standard InChI is InChI=1S/C14H21NO3/c1-3-4-5-10-6-11-7-15(9(2)14(17)18)8-12(11)13(10)16/h6,9,11-12H,3-5,7-8H2,1-2H3,(H,17,18)/t9?,11-,12+/m1/s1. The second-order valence-electron chi connectivity index (χ2n) is 5.40. The Morgan fingerprint density at radius 1 is 1.56 bits per heavy atom. The Bertz CT molecular complexity index is 389. The summed E-state index contributed by atoms with van der Waals surface area (Å²) in [4.78, 5) is 25.0. The van der Waals surface area contributed by atoms with Crippen LogP contribution in [0.2, 0.25) is 0 Å². The molecule has 100 valence electrons. The lowest BCUT2D eigenvalue weighted by atomic mass is 9.97. The Morgan fingerprint density at radius 3 is 2.83 bits per heavy atom. The van der Waals surface area contributed by atoms with Crippen LogP contribution < -0.4 is 0 Å². The van der Waals surface area contributed by atoms with Gasteiger partial charge < -0.3 is 5.11 Å². The van der Waals surface area contributed by atoms with Crippen molar-refractivity contribution < 1.29 is 14.7 Å².